The fourth-order valence-corrected chi connectivity index (χ4v) is 4.66. The number of benzene rings is 1. The maximum Gasteiger partial charge on any atom is 0.226 e. The zero-order valence-electron chi connectivity index (χ0n) is 15.6. The van der Waals surface area contributed by atoms with Gasteiger partial charge in [0.15, 0.2) is 0 Å². The number of rotatable bonds is 3. The van der Waals surface area contributed by atoms with E-state index in [2.05, 4.69) is 20.1 Å². The lowest BCUT2D eigenvalue weighted by Gasteiger charge is -2.32. The first-order chi connectivity index (χ1) is 13.6. The molecule has 1 saturated carbocycles. The molecular weight excluding hydrogens is 364 g/mol. The molecule has 28 heavy (non-hydrogen) atoms. The van der Waals surface area contributed by atoms with Crippen LogP contribution in [-0.2, 0) is 17.9 Å². The van der Waals surface area contributed by atoms with Crippen molar-refractivity contribution in [2.24, 2.45) is 5.92 Å². The van der Waals surface area contributed by atoms with Crippen LogP contribution in [0.5, 0.6) is 0 Å². The molecule has 2 aromatic rings. The predicted octanol–water partition coefficient (Wildman–Crippen LogP) is 2.17. The monoisotopic (exact) mass is 387 g/mol. The summed E-state index contributed by atoms with van der Waals surface area (Å²) in [5.74, 6) is 0.613. The summed E-state index contributed by atoms with van der Waals surface area (Å²) in [5, 5.41) is 12.0. The van der Waals surface area contributed by atoms with E-state index in [0.29, 0.717) is 25.4 Å². The van der Waals surface area contributed by atoms with Gasteiger partial charge in [-0.1, -0.05) is 6.07 Å². The number of aromatic nitrogens is 3. The molecular formula is C20H23F2N5O. The minimum Gasteiger partial charge on any atom is -0.342 e. The average molecular weight is 387 g/mol. The van der Waals surface area contributed by atoms with Gasteiger partial charge >= 0.3 is 0 Å². The minimum atomic E-state index is -0.551. The van der Waals surface area contributed by atoms with Crippen molar-refractivity contribution in [1.82, 2.24) is 25.0 Å². The Hall–Kier alpha value is -2.35. The molecule has 2 unspecified atom stereocenters. The topological polar surface area (TPSA) is 63.1 Å². The van der Waals surface area contributed by atoms with Crippen LogP contribution in [0.4, 0.5) is 8.78 Å². The lowest BCUT2D eigenvalue weighted by Crippen LogP contribution is -2.40. The highest BCUT2D eigenvalue weighted by Crippen LogP contribution is 2.50. The van der Waals surface area contributed by atoms with Crippen LogP contribution in [0, 0.1) is 17.6 Å². The van der Waals surface area contributed by atoms with Crippen LogP contribution in [-0.4, -0.2) is 45.2 Å². The molecule has 2 aliphatic heterocycles. The van der Waals surface area contributed by atoms with Crippen LogP contribution in [0.1, 0.15) is 48.3 Å². The summed E-state index contributed by atoms with van der Waals surface area (Å²) in [4.78, 5) is 14.7. The standard InChI is InChI=1S/C20H23F2N5O/c21-15-2-1-3-16(22)18(15)13-10-14(13)20(28)26-7-4-12(5-8-26)19-25-24-17-11-23-6-9-27(17)19/h1-3,12-14,23H,4-11H2. The van der Waals surface area contributed by atoms with E-state index in [1.165, 1.54) is 18.2 Å². The smallest absolute Gasteiger partial charge is 0.226 e. The first-order valence-corrected chi connectivity index (χ1v) is 9.99. The van der Waals surface area contributed by atoms with Crippen molar-refractivity contribution in [3.05, 3.63) is 47.0 Å². The predicted molar refractivity (Wildman–Crippen MR) is 97.5 cm³/mol. The summed E-state index contributed by atoms with van der Waals surface area (Å²) in [6.07, 6.45) is 2.23. The van der Waals surface area contributed by atoms with Crippen LogP contribution in [0.15, 0.2) is 18.2 Å². The number of hydrogen-bond acceptors (Lipinski definition) is 4. The van der Waals surface area contributed by atoms with Crippen LogP contribution < -0.4 is 5.32 Å². The van der Waals surface area contributed by atoms with Gasteiger partial charge in [0.25, 0.3) is 0 Å². The van der Waals surface area contributed by atoms with E-state index in [1.54, 1.807) is 0 Å². The lowest BCUT2D eigenvalue weighted by atomic mass is 9.95. The van der Waals surface area contributed by atoms with Crippen molar-refractivity contribution >= 4 is 5.91 Å². The number of nitrogens with one attached hydrogen (secondary N) is 1. The molecule has 148 valence electrons. The average Bonchev–Trinajstić information content (AvgIpc) is 3.37. The fourth-order valence-electron chi connectivity index (χ4n) is 4.66. The molecule has 0 spiro atoms. The van der Waals surface area contributed by atoms with E-state index in [1.807, 2.05) is 4.90 Å². The molecule has 8 heteroatoms. The first-order valence-electron chi connectivity index (χ1n) is 9.99. The molecule has 1 aliphatic carbocycles. The Kier molecular flexibility index (Phi) is 4.38. The Balaban J connectivity index is 1.22. The third-order valence-corrected chi connectivity index (χ3v) is 6.30. The molecule has 1 N–H and O–H groups in total. The van der Waals surface area contributed by atoms with Crippen molar-refractivity contribution in [1.29, 1.82) is 0 Å². The summed E-state index contributed by atoms with van der Waals surface area (Å²) in [6, 6.07) is 3.88. The molecule has 2 fully saturated rings. The number of piperidine rings is 1. The molecule has 6 nitrogen and oxygen atoms in total. The quantitative estimate of drug-likeness (QED) is 0.877. The van der Waals surface area contributed by atoms with Gasteiger partial charge in [-0.25, -0.2) is 8.78 Å². The van der Waals surface area contributed by atoms with Gasteiger partial charge in [-0.15, -0.1) is 10.2 Å². The number of halogens is 2. The van der Waals surface area contributed by atoms with Gasteiger partial charge in [-0.2, -0.15) is 0 Å². The summed E-state index contributed by atoms with van der Waals surface area (Å²) in [6.45, 7) is 3.87. The Bertz CT molecular complexity index is 886. The second-order valence-corrected chi connectivity index (χ2v) is 7.99. The molecule has 1 amide bonds. The summed E-state index contributed by atoms with van der Waals surface area (Å²) in [5.41, 5.74) is 0.0689. The van der Waals surface area contributed by atoms with Gasteiger partial charge in [0.2, 0.25) is 5.91 Å². The van der Waals surface area contributed by atoms with E-state index in [4.69, 9.17) is 0 Å². The maximum atomic E-state index is 14.0. The maximum absolute atomic E-state index is 14.0. The highest BCUT2D eigenvalue weighted by atomic mass is 19.1. The Morgan fingerprint density at radius 1 is 1.11 bits per heavy atom. The molecule has 1 aromatic carbocycles. The number of carbonyl (C=O) groups excluding carboxylic acids is 1. The highest BCUT2D eigenvalue weighted by Gasteiger charge is 2.48. The zero-order chi connectivity index (χ0) is 19.3. The normalized spacial score (nSPS) is 24.9. The number of fused-ring (bicyclic) bond motifs is 1. The van der Waals surface area contributed by atoms with Crippen LogP contribution in [0.25, 0.3) is 0 Å². The first kappa shape index (κ1) is 17.7. The van der Waals surface area contributed by atoms with Crippen LogP contribution in [0.2, 0.25) is 0 Å². The van der Waals surface area contributed by atoms with Crippen molar-refractivity contribution in [2.75, 3.05) is 19.6 Å². The van der Waals surface area contributed by atoms with E-state index >= 15 is 0 Å². The Morgan fingerprint density at radius 3 is 2.61 bits per heavy atom. The van der Waals surface area contributed by atoms with Gasteiger partial charge in [0.05, 0.1) is 6.54 Å². The summed E-state index contributed by atoms with van der Waals surface area (Å²) >= 11 is 0. The van der Waals surface area contributed by atoms with Crippen LogP contribution in [0.3, 0.4) is 0 Å². The number of hydrogen-bond donors (Lipinski definition) is 1. The Morgan fingerprint density at radius 2 is 1.86 bits per heavy atom. The van der Waals surface area contributed by atoms with Gasteiger partial charge < -0.3 is 14.8 Å². The molecule has 2 atom stereocenters. The second-order valence-electron chi connectivity index (χ2n) is 7.99. The van der Waals surface area contributed by atoms with Gasteiger partial charge in [-0.3, -0.25) is 4.79 Å². The molecule has 3 aliphatic rings. The molecule has 0 radical (unpaired) electrons. The summed E-state index contributed by atoms with van der Waals surface area (Å²) in [7, 11) is 0. The number of carbonyl (C=O) groups is 1. The minimum absolute atomic E-state index is 0.0265. The number of amides is 1. The zero-order valence-corrected chi connectivity index (χ0v) is 15.6. The third kappa shape index (κ3) is 2.99. The molecule has 1 saturated heterocycles. The third-order valence-electron chi connectivity index (χ3n) is 6.30. The van der Waals surface area contributed by atoms with E-state index < -0.39 is 11.6 Å². The second kappa shape index (κ2) is 6.92. The van der Waals surface area contributed by atoms with Crippen molar-refractivity contribution < 1.29 is 13.6 Å². The van der Waals surface area contributed by atoms with Crippen molar-refractivity contribution in [3.63, 3.8) is 0 Å². The highest BCUT2D eigenvalue weighted by molar-refractivity contribution is 5.83. The van der Waals surface area contributed by atoms with Crippen molar-refractivity contribution in [2.45, 2.75) is 44.2 Å². The Labute approximate surface area is 161 Å². The number of likely N-dealkylation sites (tertiary alicyclic amines) is 1. The largest absolute Gasteiger partial charge is 0.342 e. The van der Waals surface area contributed by atoms with E-state index in [0.717, 1.165) is 44.1 Å². The van der Waals surface area contributed by atoms with Crippen LogP contribution >= 0.6 is 0 Å². The van der Waals surface area contributed by atoms with E-state index in [-0.39, 0.29) is 23.3 Å². The lowest BCUT2D eigenvalue weighted by molar-refractivity contribution is -0.133. The molecule has 0 bridgehead atoms. The van der Waals surface area contributed by atoms with Crippen molar-refractivity contribution in [3.8, 4) is 0 Å². The molecule has 3 heterocycles. The summed E-state index contributed by atoms with van der Waals surface area (Å²) < 4.78 is 30.2. The number of nitrogens with zero attached hydrogens (tertiary/aromatic N) is 4. The molecule has 5 rings (SSSR count). The molecule has 1 aromatic heterocycles. The SMILES string of the molecule is O=C(C1CC1c1c(F)cccc1F)N1CCC(c2nnc3n2CCNC3)CC1. The fraction of sp³-hybridized carbons (Fsp3) is 0.550. The van der Waals surface area contributed by atoms with Gasteiger partial charge in [0, 0.05) is 49.5 Å². The van der Waals surface area contributed by atoms with E-state index in [9.17, 15) is 13.6 Å². The van der Waals surface area contributed by atoms with Gasteiger partial charge in [0.1, 0.15) is 23.3 Å². The van der Waals surface area contributed by atoms with Gasteiger partial charge in [-0.05, 0) is 31.4 Å².